The van der Waals surface area contributed by atoms with Gasteiger partial charge in [0, 0.05) is 33.5 Å². The lowest BCUT2D eigenvalue weighted by molar-refractivity contribution is 1.30. The van der Waals surface area contributed by atoms with Crippen molar-refractivity contribution in [3.63, 3.8) is 0 Å². The number of anilines is 6. The fourth-order valence-corrected chi connectivity index (χ4v) is 11.0. The van der Waals surface area contributed by atoms with Gasteiger partial charge in [-0.3, -0.25) is 0 Å². The Hall–Kier alpha value is -5.68. The number of nitriles is 1. The SMILES string of the molecule is C[Si](C)(C)c1ccccc1N(c1ccccc1)c1ccc2ccc3c(N(c4cccc(C#N)c4)c4ccccc4[Si](C)(C)C)ccc4ccc1c2c43. The molecule has 8 aromatic rings. The molecular weight excluding hydrogens is 663 g/mol. The van der Waals surface area contributed by atoms with Crippen LogP contribution in [0.2, 0.25) is 39.3 Å². The van der Waals surface area contributed by atoms with Crippen LogP contribution in [0, 0.1) is 11.3 Å². The van der Waals surface area contributed by atoms with Crippen molar-refractivity contribution >= 4 is 93.0 Å². The molecule has 3 nitrogen and oxygen atoms in total. The molecule has 0 bridgehead atoms. The second-order valence-corrected chi connectivity index (χ2v) is 25.9. The molecule has 0 amide bonds. The highest BCUT2D eigenvalue weighted by molar-refractivity contribution is 6.90. The van der Waals surface area contributed by atoms with E-state index >= 15 is 0 Å². The first-order valence-corrected chi connectivity index (χ1v) is 25.1. The summed E-state index contributed by atoms with van der Waals surface area (Å²) in [6.45, 7) is 14.5. The van der Waals surface area contributed by atoms with Gasteiger partial charge in [0.25, 0.3) is 0 Å². The Balaban J connectivity index is 1.44. The molecule has 0 aliphatic rings. The summed E-state index contributed by atoms with van der Waals surface area (Å²) in [5.41, 5.74) is 7.48. The van der Waals surface area contributed by atoms with E-state index in [4.69, 9.17) is 0 Å². The van der Waals surface area contributed by atoms with Gasteiger partial charge in [0.15, 0.2) is 0 Å². The fraction of sp³-hybridized carbons (Fsp3) is 0.128. The molecule has 0 unspecified atom stereocenters. The summed E-state index contributed by atoms with van der Waals surface area (Å²) in [5.74, 6) is 0. The lowest BCUT2D eigenvalue weighted by atomic mass is 9.91. The zero-order chi connectivity index (χ0) is 36.2. The Morgan fingerprint density at radius 2 is 0.865 bits per heavy atom. The van der Waals surface area contributed by atoms with Crippen LogP contribution in [-0.2, 0) is 0 Å². The molecule has 0 N–H and O–H groups in total. The van der Waals surface area contributed by atoms with Gasteiger partial charge in [0.1, 0.15) is 0 Å². The molecule has 0 spiro atoms. The molecule has 0 aromatic heterocycles. The summed E-state index contributed by atoms with van der Waals surface area (Å²) in [4.78, 5) is 4.87. The summed E-state index contributed by atoms with van der Waals surface area (Å²) < 4.78 is 0. The molecule has 8 aromatic carbocycles. The number of rotatable bonds is 8. The number of hydrogen-bond acceptors (Lipinski definition) is 3. The van der Waals surface area contributed by atoms with Crippen molar-refractivity contribution in [3.8, 4) is 6.07 Å². The molecule has 254 valence electrons. The zero-order valence-electron chi connectivity index (χ0n) is 30.8. The molecule has 8 rings (SSSR count). The molecule has 0 aliphatic heterocycles. The second kappa shape index (κ2) is 12.8. The Morgan fingerprint density at radius 3 is 1.37 bits per heavy atom. The maximum Gasteiger partial charge on any atom is 0.0992 e. The van der Waals surface area contributed by atoms with Crippen LogP contribution in [0.3, 0.4) is 0 Å². The Bertz CT molecular complexity index is 2630. The van der Waals surface area contributed by atoms with Crippen molar-refractivity contribution in [1.29, 1.82) is 5.26 Å². The lowest BCUT2D eigenvalue weighted by Gasteiger charge is -2.33. The van der Waals surface area contributed by atoms with Crippen LogP contribution in [0.5, 0.6) is 0 Å². The van der Waals surface area contributed by atoms with Crippen molar-refractivity contribution in [3.05, 3.63) is 157 Å². The number of para-hydroxylation sites is 3. The van der Waals surface area contributed by atoms with E-state index in [0.29, 0.717) is 5.56 Å². The number of hydrogen-bond donors (Lipinski definition) is 0. The number of benzene rings is 8. The van der Waals surface area contributed by atoms with Gasteiger partial charge < -0.3 is 9.80 Å². The summed E-state index contributed by atoms with van der Waals surface area (Å²) >= 11 is 0. The molecule has 0 saturated heterocycles. The quantitative estimate of drug-likeness (QED) is 0.116. The van der Waals surface area contributed by atoms with E-state index < -0.39 is 16.1 Å². The predicted octanol–water partition coefficient (Wildman–Crippen LogP) is 12.5. The average Bonchev–Trinajstić information content (AvgIpc) is 3.15. The average molecular weight is 706 g/mol. The van der Waals surface area contributed by atoms with Crippen molar-refractivity contribution in [2.45, 2.75) is 39.3 Å². The van der Waals surface area contributed by atoms with E-state index in [1.807, 2.05) is 18.2 Å². The maximum atomic E-state index is 9.96. The summed E-state index contributed by atoms with van der Waals surface area (Å²) in [6, 6.07) is 57.4. The van der Waals surface area contributed by atoms with E-state index in [9.17, 15) is 5.26 Å². The minimum atomic E-state index is -1.77. The highest BCUT2D eigenvalue weighted by atomic mass is 28.3. The van der Waals surface area contributed by atoms with Gasteiger partial charge in [0.2, 0.25) is 0 Å². The third-order valence-electron chi connectivity index (χ3n) is 10.3. The van der Waals surface area contributed by atoms with Crippen molar-refractivity contribution in [2.75, 3.05) is 9.80 Å². The van der Waals surface area contributed by atoms with Gasteiger partial charge in [-0.05, 0) is 86.5 Å². The molecule has 0 radical (unpaired) electrons. The first-order valence-electron chi connectivity index (χ1n) is 18.1. The third kappa shape index (κ3) is 5.75. The standard InChI is InChI=1S/C47H43N3Si2/c1-51(2,3)44-21-12-10-19-42(44)49(36-16-8-7-9-17-36)40-29-25-34-24-28-39-41(30-26-35-23-27-38(40)46(34)47(35)39)50(37-18-14-15-33(31-37)32-48)43-20-11-13-22-45(43)52(4,5)6/h7-31H,1-6H3. The van der Waals surface area contributed by atoms with Gasteiger partial charge in [-0.2, -0.15) is 5.26 Å². The molecule has 0 saturated carbocycles. The van der Waals surface area contributed by atoms with E-state index in [-0.39, 0.29) is 0 Å². The molecule has 0 fully saturated rings. The topological polar surface area (TPSA) is 30.3 Å². The van der Waals surface area contributed by atoms with E-state index in [1.54, 1.807) is 0 Å². The lowest BCUT2D eigenvalue weighted by Crippen LogP contribution is -2.40. The number of nitrogens with zero attached hydrogens (tertiary/aromatic N) is 3. The van der Waals surface area contributed by atoms with E-state index in [1.165, 1.54) is 59.8 Å². The largest absolute Gasteiger partial charge is 0.310 e. The first-order chi connectivity index (χ1) is 25.0. The van der Waals surface area contributed by atoms with Crippen molar-refractivity contribution < 1.29 is 0 Å². The van der Waals surface area contributed by atoms with Gasteiger partial charge in [0.05, 0.1) is 39.2 Å². The molecule has 0 atom stereocenters. The molecule has 52 heavy (non-hydrogen) atoms. The Kier molecular flexibility index (Phi) is 8.25. The molecular formula is C47H43N3Si2. The zero-order valence-corrected chi connectivity index (χ0v) is 32.8. The fourth-order valence-electron chi connectivity index (χ4n) is 7.87. The second-order valence-electron chi connectivity index (χ2n) is 15.8. The Morgan fingerprint density at radius 1 is 0.423 bits per heavy atom. The smallest absolute Gasteiger partial charge is 0.0992 e. The van der Waals surface area contributed by atoms with Gasteiger partial charge >= 0.3 is 0 Å². The van der Waals surface area contributed by atoms with Crippen LogP contribution < -0.4 is 20.2 Å². The highest BCUT2D eigenvalue weighted by Crippen LogP contribution is 2.47. The van der Waals surface area contributed by atoms with Crippen LogP contribution >= 0.6 is 0 Å². The Labute approximate surface area is 309 Å². The summed E-state index contributed by atoms with van der Waals surface area (Å²) in [6.07, 6.45) is 0. The monoisotopic (exact) mass is 705 g/mol. The van der Waals surface area contributed by atoms with Crippen LogP contribution in [-0.4, -0.2) is 16.1 Å². The van der Waals surface area contributed by atoms with Crippen LogP contribution in [0.1, 0.15) is 5.56 Å². The van der Waals surface area contributed by atoms with Crippen molar-refractivity contribution in [2.24, 2.45) is 0 Å². The van der Waals surface area contributed by atoms with Gasteiger partial charge in [-0.15, -0.1) is 0 Å². The predicted molar refractivity (Wildman–Crippen MR) is 230 cm³/mol. The minimum absolute atomic E-state index is 0.648. The molecule has 0 heterocycles. The van der Waals surface area contributed by atoms with Crippen molar-refractivity contribution in [1.82, 2.24) is 0 Å². The first kappa shape index (κ1) is 33.5. The van der Waals surface area contributed by atoms with E-state index in [2.05, 4.69) is 189 Å². The van der Waals surface area contributed by atoms with Crippen LogP contribution in [0.4, 0.5) is 34.1 Å². The van der Waals surface area contributed by atoms with Crippen LogP contribution in [0.15, 0.2) is 152 Å². The maximum absolute atomic E-state index is 9.96. The van der Waals surface area contributed by atoms with E-state index in [0.717, 1.165) is 17.1 Å². The van der Waals surface area contributed by atoms with Gasteiger partial charge in [-0.1, -0.05) is 136 Å². The minimum Gasteiger partial charge on any atom is -0.310 e. The molecule has 0 aliphatic carbocycles. The van der Waals surface area contributed by atoms with Gasteiger partial charge in [-0.25, -0.2) is 0 Å². The summed E-state index contributed by atoms with van der Waals surface area (Å²) in [7, 11) is -3.48. The van der Waals surface area contributed by atoms with Crippen LogP contribution in [0.25, 0.3) is 32.3 Å². The highest BCUT2D eigenvalue weighted by Gasteiger charge is 2.28. The molecule has 5 heteroatoms. The normalized spacial score (nSPS) is 12.0. The summed E-state index contributed by atoms with van der Waals surface area (Å²) in [5, 5.41) is 20.1. The third-order valence-corrected chi connectivity index (χ3v) is 14.3.